The molecule has 0 saturated carbocycles. The van der Waals surface area contributed by atoms with Crippen LogP contribution in [0, 0.1) is 0 Å². The van der Waals surface area contributed by atoms with Gasteiger partial charge in [-0.15, -0.1) is 0 Å². The lowest BCUT2D eigenvalue weighted by Gasteiger charge is -2.10. The van der Waals surface area contributed by atoms with Crippen molar-refractivity contribution in [2.24, 2.45) is 0 Å². The maximum absolute atomic E-state index is 12.8. The van der Waals surface area contributed by atoms with Crippen LogP contribution < -0.4 is 5.32 Å². The van der Waals surface area contributed by atoms with Crippen molar-refractivity contribution in [3.8, 4) is 0 Å². The molecule has 7 heteroatoms. The van der Waals surface area contributed by atoms with Crippen LogP contribution >= 0.6 is 15.9 Å². The number of aryl methyl sites for hydroxylation is 1. The number of aromatic nitrogens is 2. The first-order valence-corrected chi connectivity index (χ1v) is 10.8. The van der Waals surface area contributed by atoms with Gasteiger partial charge in [-0.1, -0.05) is 47.0 Å². The minimum absolute atomic E-state index is 0.313. The van der Waals surface area contributed by atoms with Gasteiger partial charge >= 0.3 is 5.97 Å². The summed E-state index contributed by atoms with van der Waals surface area (Å²) in [7, 11) is 1.31. The van der Waals surface area contributed by atoms with Gasteiger partial charge in [-0.05, 0) is 43.2 Å². The quantitative estimate of drug-likeness (QED) is 0.277. The van der Waals surface area contributed by atoms with E-state index in [1.807, 2.05) is 28.8 Å². The first-order valence-electron chi connectivity index (χ1n) is 9.65. The summed E-state index contributed by atoms with van der Waals surface area (Å²) in [5, 5.41) is 3.93. The summed E-state index contributed by atoms with van der Waals surface area (Å²) >= 11 is 3.46. The van der Waals surface area contributed by atoms with Gasteiger partial charge in [0, 0.05) is 17.4 Å². The summed E-state index contributed by atoms with van der Waals surface area (Å²) in [5.41, 5.74) is 2.54. The molecule has 1 N–H and O–H groups in total. The second-order valence-electron chi connectivity index (χ2n) is 6.71. The van der Waals surface area contributed by atoms with Crippen molar-refractivity contribution in [3.63, 3.8) is 0 Å². The van der Waals surface area contributed by atoms with Crippen molar-refractivity contribution < 1.29 is 14.3 Å². The minimum Gasteiger partial charge on any atom is -0.465 e. The zero-order valence-electron chi connectivity index (χ0n) is 16.4. The number of methoxy groups -OCH3 is 1. The molecule has 6 nitrogen and oxygen atoms in total. The molecule has 0 saturated heterocycles. The highest BCUT2D eigenvalue weighted by atomic mass is 79.9. The number of ether oxygens (including phenoxy) is 1. The SMILES string of the molecule is COC(=O)c1cccc(C(=O)Nc2nc3ccccc3n2CCCCCCBr)c1. The molecule has 152 valence electrons. The number of benzene rings is 2. The number of carbonyl (C=O) groups is 2. The van der Waals surface area contributed by atoms with Crippen LogP contribution in [0.2, 0.25) is 0 Å². The maximum atomic E-state index is 12.8. The molecule has 0 aliphatic carbocycles. The van der Waals surface area contributed by atoms with Gasteiger partial charge in [-0.25, -0.2) is 9.78 Å². The maximum Gasteiger partial charge on any atom is 0.337 e. The highest BCUT2D eigenvalue weighted by molar-refractivity contribution is 9.09. The Hall–Kier alpha value is -2.67. The van der Waals surface area contributed by atoms with Gasteiger partial charge in [-0.2, -0.15) is 0 Å². The average molecular weight is 458 g/mol. The molecular weight excluding hydrogens is 434 g/mol. The first-order chi connectivity index (χ1) is 14.1. The molecule has 1 heterocycles. The molecule has 0 atom stereocenters. The van der Waals surface area contributed by atoms with Gasteiger partial charge in [0.25, 0.3) is 5.91 Å². The fraction of sp³-hybridized carbons (Fsp3) is 0.318. The molecule has 0 aliphatic rings. The van der Waals surface area contributed by atoms with Crippen LogP contribution in [0.3, 0.4) is 0 Å². The average Bonchev–Trinajstić information content (AvgIpc) is 3.10. The normalized spacial score (nSPS) is 10.8. The number of nitrogens with one attached hydrogen (secondary N) is 1. The summed E-state index contributed by atoms with van der Waals surface area (Å²) in [6, 6.07) is 14.3. The summed E-state index contributed by atoms with van der Waals surface area (Å²) in [4.78, 5) is 29.1. The van der Waals surface area contributed by atoms with E-state index in [-0.39, 0.29) is 5.91 Å². The van der Waals surface area contributed by atoms with Crippen molar-refractivity contribution in [1.29, 1.82) is 0 Å². The molecular formula is C22H24BrN3O3. The van der Waals surface area contributed by atoms with Crippen LogP contribution in [-0.2, 0) is 11.3 Å². The Morgan fingerprint density at radius 2 is 1.79 bits per heavy atom. The molecule has 0 bridgehead atoms. The Morgan fingerprint density at radius 3 is 2.59 bits per heavy atom. The van der Waals surface area contributed by atoms with Crippen molar-refractivity contribution in [1.82, 2.24) is 9.55 Å². The molecule has 0 unspecified atom stereocenters. The summed E-state index contributed by atoms with van der Waals surface area (Å²) < 4.78 is 6.78. The lowest BCUT2D eigenvalue weighted by Crippen LogP contribution is -2.17. The number of anilines is 1. The van der Waals surface area contributed by atoms with Crippen molar-refractivity contribution in [2.75, 3.05) is 17.8 Å². The number of amides is 1. The topological polar surface area (TPSA) is 73.2 Å². The van der Waals surface area contributed by atoms with Crippen LogP contribution in [0.5, 0.6) is 0 Å². The summed E-state index contributed by atoms with van der Waals surface area (Å²) in [6.45, 7) is 0.778. The predicted octanol–water partition coefficient (Wildman–Crippen LogP) is 5.03. The van der Waals surface area contributed by atoms with E-state index in [0.717, 1.165) is 42.2 Å². The Balaban J connectivity index is 1.81. The number of esters is 1. The Morgan fingerprint density at radius 1 is 1.03 bits per heavy atom. The molecule has 0 radical (unpaired) electrons. The monoisotopic (exact) mass is 457 g/mol. The van der Waals surface area contributed by atoms with E-state index in [1.54, 1.807) is 18.2 Å². The molecule has 3 aromatic rings. The fourth-order valence-corrected chi connectivity index (χ4v) is 3.59. The summed E-state index contributed by atoms with van der Waals surface area (Å²) in [6.07, 6.45) is 4.45. The van der Waals surface area contributed by atoms with Crippen LogP contribution in [0.25, 0.3) is 11.0 Å². The smallest absolute Gasteiger partial charge is 0.337 e. The number of unbranched alkanes of at least 4 members (excludes halogenated alkanes) is 3. The number of para-hydroxylation sites is 2. The number of hydrogen-bond donors (Lipinski definition) is 1. The standard InChI is InChI=1S/C22H24BrN3O3/c1-29-21(28)17-10-8-9-16(15-17)20(27)25-22-24-18-11-4-5-12-19(18)26(22)14-7-3-2-6-13-23/h4-5,8-12,15H,2-3,6-7,13-14H2,1H3,(H,24,25,27). The van der Waals surface area contributed by atoms with E-state index in [2.05, 4.69) is 26.2 Å². The van der Waals surface area contributed by atoms with Crippen molar-refractivity contribution in [2.45, 2.75) is 32.2 Å². The Bertz CT molecular complexity index is 1000. The van der Waals surface area contributed by atoms with E-state index >= 15 is 0 Å². The second-order valence-corrected chi connectivity index (χ2v) is 7.50. The number of carbonyl (C=O) groups excluding carboxylic acids is 2. The van der Waals surface area contributed by atoms with Gasteiger partial charge < -0.3 is 9.30 Å². The highest BCUT2D eigenvalue weighted by Crippen LogP contribution is 2.21. The molecule has 29 heavy (non-hydrogen) atoms. The van der Waals surface area contributed by atoms with Crippen LogP contribution in [0.15, 0.2) is 48.5 Å². The lowest BCUT2D eigenvalue weighted by atomic mass is 10.1. The molecule has 3 rings (SSSR count). The number of alkyl halides is 1. The number of rotatable bonds is 9. The van der Waals surface area contributed by atoms with Gasteiger partial charge in [0.1, 0.15) is 0 Å². The van der Waals surface area contributed by atoms with Crippen LogP contribution in [0.4, 0.5) is 5.95 Å². The van der Waals surface area contributed by atoms with Crippen LogP contribution in [0.1, 0.15) is 46.4 Å². The van der Waals surface area contributed by atoms with Crippen molar-refractivity contribution >= 4 is 44.8 Å². The van der Waals surface area contributed by atoms with Crippen LogP contribution in [-0.4, -0.2) is 33.9 Å². The number of nitrogens with zero attached hydrogens (tertiary/aromatic N) is 2. The third-order valence-electron chi connectivity index (χ3n) is 4.69. The third-order valence-corrected chi connectivity index (χ3v) is 5.25. The molecule has 0 spiro atoms. The number of hydrogen-bond acceptors (Lipinski definition) is 4. The number of halogens is 1. The van der Waals surface area contributed by atoms with Gasteiger partial charge in [0.2, 0.25) is 5.95 Å². The third kappa shape index (κ3) is 5.23. The van der Waals surface area contributed by atoms with E-state index < -0.39 is 5.97 Å². The first kappa shape index (κ1) is 21.0. The van der Waals surface area contributed by atoms with E-state index in [0.29, 0.717) is 17.1 Å². The molecule has 1 aromatic heterocycles. The van der Waals surface area contributed by atoms with E-state index in [1.165, 1.54) is 19.6 Å². The lowest BCUT2D eigenvalue weighted by molar-refractivity contribution is 0.0600. The largest absolute Gasteiger partial charge is 0.465 e. The Kier molecular flexibility index (Phi) is 7.41. The molecule has 0 fully saturated rings. The van der Waals surface area contributed by atoms with E-state index in [9.17, 15) is 9.59 Å². The highest BCUT2D eigenvalue weighted by Gasteiger charge is 2.15. The second kappa shape index (κ2) is 10.2. The zero-order chi connectivity index (χ0) is 20.6. The zero-order valence-corrected chi connectivity index (χ0v) is 17.9. The Labute approximate surface area is 178 Å². The predicted molar refractivity (Wildman–Crippen MR) is 118 cm³/mol. The number of fused-ring (bicyclic) bond motifs is 1. The molecule has 2 aromatic carbocycles. The molecule has 0 aliphatic heterocycles. The summed E-state index contributed by atoms with van der Waals surface area (Å²) in [5.74, 6) is -0.276. The fourth-order valence-electron chi connectivity index (χ4n) is 3.19. The minimum atomic E-state index is -0.477. The van der Waals surface area contributed by atoms with Gasteiger partial charge in [0.05, 0.1) is 23.7 Å². The molecule has 1 amide bonds. The number of imidazole rings is 1. The van der Waals surface area contributed by atoms with Gasteiger partial charge in [0.15, 0.2) is 0 Å². The van der Waals surface area contributed by atoms with E-state index in [4.69, 9.17) is 4.74 Å². The van der Waals surface area contributed by atoms with Gasteiger partial charge in [-0.3, -0.25) is 10.1 Å². The van der Waals surface area contributed by atoms with Crippen molar-refractivity contribution in [3.05, 3.63) is 59.7 Å².